The standard InChI is InChI=1S/C14H18ClNO3/c1-9-10(6-7-19-9)14(17)16-8-11-12(15)4-3-5-13(11)18-2/h3-5,9-10H,6-8H2,1-2H3,(H,16,17). The first-order chi connectivity index (χ1) is 9.13. The van der Waals surface area contributed by atoms with Gasteiger partial charge in [-0.15, -0.1) is 0 Å². The maximum atomic E-state index is 12.1. The van der Waals surface area contributed by atoms with E-state index in [0.717, 1.165) is 12.0 Å². The predicted molar refractivity (Wildman–Crippen MR) is 73.4 cm³/mol. The average molecular weight is 284 g/mol. The minimum Gasteiger partial charge on any atom is -0.496 e. The van der Waals surface area contributed by atoms with Gasteiger partial charge in [-0.05, 0) is 25.5 Å². The first kappa shape index (κ1) is 14.2. The fraction of sp³-hybridized carbons (Fsp3) is 0.500. The summed E-state index contributed by atoms with van der Waals surface area (Å²) in [5.74, 6) is 0.615. The Kier molecular flexibility index (Phi) is 4.66. The number of nitrogens with one attached hydrogen (secondary N) is 1. The van der Waals surface area contributed by atoms with Crippen LogP contribution >= 0.6 is 11.6 Å². The molecule has 1 heterocycles. The molecule has 1 aliphatic rings. The van der Waals surface area contributed by atoms with Crippen molar-refractivity contribution in [2.75, 3.05) is 13.7 Å². The van der Waals surface area contributed by atoms with Crippen molar-refractivity contribution in [2.24, 2.45) is 5.92 Å². The quantitative estimate of drug-likeness (QED) is 0.923. The van der Waals surface area contributed by atoms with Crippen LogP contribution < -0.4 is 10.1 Å². The van der Waals surface area contributed by atoms with Gasteiger partial charge in [-0.2, -0.15) is 0 Å². The number of carbonyl (C=O) groups excluding carboxylic acids is 1. The molecule has 1 amide bonds. The Bertz CT molecular complexity index is 464. The number of methoxy groups -OCH3 is 1. The van der Waals surface area contributed by atoms with Crippen LogP contribution in [0.15, 0.2) is 18.2 Å². The number of carbonyl (C=O) groups is 1. The number of hydrogen-bond donors (Lipinski definition) is 1. The Labute approximate surface area is 118 Å². The minimum absolute atomic E-state index is 0.00646. The Morgan fingerprint density at radius 3 is 3.00 bits per heavy atom. The largest absolute Gasteiger partial charge is 0.496 e. The van der Waals surface area contributed by atoms with E-state index in [2.05, 4.69) is 5.32 Å². The Morgan fingerprint density at radius 1 is 1.58 bits per heavy atom. The number of halogens is 1. The molecule has 19 heavy (non-hydrogen) atoms. The summed E-state index contributed by atoms with van der Waals surface area (Å²) in [6.07, 6.45) is 0.750. The van der Waals surface area contributed by atoms with Gasteiger partial charge in [-0.1, -0.05) is 17.7 Å². The fourth-order valence-corrected chi connectivity index (χ4v) is 2.52. The first-order valence-corrected chi connectivity index (χ1v) is 6.72. The lowest BCUT2D eigenvalue weighted by Crippen LogP contribution is -2.33. The fourth-order valence-electron chi connectivity index (χ4n) is 2.28. The number of rotatable bonds is 4. The third-order valence-electron chi connectivity index (χ3n) is 3.45. The molecule has 0 radical (unpaired) electrons. The van der Waals surface area contributed by atoms with Crippen LogP contribution in [0.1, 0.15) is 18.9 Å². The van der Waals surface area contributed by atoms with Crippen molar-refractivity contribution >= 4 is 17.5 Å². The van der Waals surface area contributed by atoms with Gasteiger partial charge in [-0.3, -0.25) is 4.79 Å². The van der Waals surface area contributed by atoms with Gasteiger partial charge in [0.15, 0.2) is 0 Å². The zero-order valence-corrected chi connectivity index (χ0v) is 11.9. The molecule has 0 bridgehead atoms. The number of amides is 1. The topological polar surface area (TPSA) is 47.6 Å². The lowest BCUT2D eigenvalue weighted by molar-refractivity contribution is -0.126. The number of ether oxygens (including phenoxy) is 2. The van der Waals surface area contributed by atoms with Gasteiger partial charge in [0.05, 0.1) is 19.1 Å². The molecule has 2 unspecified atom stereocenters. The van der Waals surface area contributed by atoms with E-state index in [1.54, 1.807) is 13.2 Å². The molecule has 0 aliphatic carbocycles. The van der Waals surface area contributed by atoms with Crippen molar-refractivity contribution < 1.29 is 14.3 Å². The molecule has 4 nitrogen and oxygen atoms in total. The average Bonchev–Trinajstić information content (AvgIpc) is 2.83. The monoisotopic (exact) mass is 283 g/mol. The smallest absolute Gasteiger partial charge is 0.226 e. The first-order valence-electron chi connectivity index (χ1n) is 6.34. The van der Waals surface area contributed by atoms with Crippen LogP contribution in [0.4, 0.5) is 0 Å². The SMILES string of the molecule is COc1cccc(Cl)c1CNC(=O)C1CCOC1C. The Hall–Kier alpha value is -1.26. The Morgan fingerprint density at radius 2 is 2.37 bits per heavy atom. The van der Waals surface area contributed by atoms with E-state index in [1.165, 1.54) is 0 Å². The molecule has 1 N–H and O–H groups in total. The molecule has 0 aromatic heterocycles. The van der Waals surface area contributed by atoms with Gasteiger partial charge < -0.3 is 14.8 Å². The molecule has 0 spiro atoms. The molecule has 1 aromatic rings. The molecular formula is C14H18ClNO3. The number of hydrogen-bond acceptors (Lipinski definition) is 3. The highest BCUT2D eigenvalue weighted by atomic mass is 35.5. The molecule has 2 atom stereocenters. The van der Waals surface area contributed by atoms with Gasteiger partial charge in [0.2, 0.25) is 5.91 Å². The highest BCUT2D eigenvalue weighted by molar-refractivity contribution is 6.31. The van der Waals surface area contributed by atoms with Gasteiger partial charge in [0.25, 0.3) is 0 Å². The highest BCUT2D eigenvalue weighted by Gasteiger charge is 2.30. The summed E-state index contributed by atoms with van der Waals surface area (Å²) in [6.45, 7) is 2.94. The Balaban J connectivity index is 2.00. The number of benzene rings is 1. The van der Waals surface area contributed by atoms with Gasteiger partial charge in [0, 0.05) is 23.7 Å². The summed E-state index contributed by atoms with van der Waals surface area (Å²) in [5, 5.41) is 3.50. The van der Waals surface area contributed by atoms with Crippen LogP contribution in [0.3, 0.4) is 0 Å². The van der Waals surface area contributed by atoms with Crippen molar-refractivity contribution in [2.45, 2.75) is 26.0 Å². The van der Waals surface area contributed by atoms with Crippen LogP contribution in [0.5, 0.6) is 5.75 Å². The zero-order chi connectivity index (χ0) is 13.8. The van der Waals surface area contributed by atoms with Crippen molar-refractivity contribution in [3.63, 3.8) is 0 Å². The van der Waals surface area contributed by atoms with Crippen molar-refractivity contribution in [3.8, 4) is 5.75 Å². The second-order valence-electron chi connectivity index (χ2n) is 4.61. The third-order valence-corrected chi connectivity index (χ3v) is 3.80. The van der Waals surface area contributed by atoms with Crippen LogP contribution in [-0.4, -0.2) is 25.7 Å². The van der Waals surface area contributed by atoms with Crippen molar-refractivity contribution in [1.29, 1.82) is 0 Å². The molecule has 5 heteroatoms. The summed E-state index contributed by atoms with van der Waals surface area (Å²) >= 11 is 6.12. The summed E-state index contributed by atoms with van der Waals surface area (Å²) in [7, 11) is 1.59. The van der Waals surface area contributed by atoms with E-state index in [-0.39, 0.29) is 17.9 Å². The normalized spacial score (nSPS) is 22.3. The van der Waals surface area contributed by atoms with Gasteiger partial charge in [0.1, 0.15) is 5.75 Å². The van der Waals surface area contributed by atoms with Crippen LogP contribution in [0.25, 0.3) is 0 Å². The molecule has 104 valence electrons. The van der Waals surface area contributed by atoms with Gasteiger partial charge >= 0.3 is 0 Å². The highest BCUT2D eigenvalue weighted by Crippen LogP contribution is 2.26. The third kappa shape index (κ3) is 3.19. The lowest BCUT2D eigenvalue weighted by atomic mass is 10.0. The zero-order valence-electron chi connectivity index (χ0n) is 11.1. The maximum Gasteiger partial charge on any atom is 0.226 e. The van der Waals surface area contributed by atoms with Crippen molar-refractivity contribution in [1.82, 2.24) is 5.32 Å². The van der Waals surface area contributed by atoms with Crippen LogP contribution in [0, 0.1) is 5.92 Å². The molecule has 1 aromatic carbocycles. The van der Waals surface area contributed by atoms with E-state index < -0.39 is 0 Å². The molecular weight excluding hydrogens is 266 g/mol. The summed E-state index contributed by atoms with van der Waals surface area (Å²) in [6, 6.07) is 5.43. The maximum absolute atomic E-state index is 12.1. The molecule has 0 saturated carbocycles. The van der Waals surface area contributed by atoms with E-state index in [1.807, 2.05) is 19.1 Å². The van der Waals surface area contributed by atoms with Gasteiger partial charge in [-0.25, -0.2) is 0 Å². The second kappa shape index (κ2) is 6.26. The molecule has 1 saturated heterocycles. The van der Waals surface area contributed by atoms with Crippen LogP contribution in [0.2, 0.25) is 5.02 Å². The van der Waals surface area contributed by atoms with E-state index in [0.29, 0.717) is 23.9 Å². The summed E-state index contributed by atoms with van der Waals surface area (Å²) in [4.78, 5) is 12.1. The summed E-state index contributed by atoms with van der Waals surface area (Å²) < 4.78 is 10.6. The molecule has 2 rings (SSSR count). The predicted octanol–water partition coefficient (Wildman–Crippen LogP) is 2.39. The lowest BCUT2D eigenvalue weighted by Gasteiger charge is -2.15. The molecule has 1 fully saturated rings. The van der Waals surface area contributed by atoms with E-state index in [9.17, 15) is 4.79 Å². The molecule has 1 aliphatic heterocycles. The van der Waals surface area contributed by atoms with Crippen molar-refractivity contribution in [3.05, 3.63) is 28.8 Å². The summed E-state index contributed by atoms with van der Waals surface area (Å²) in [5.41, 5.74) is 0.798. The second-order valence-corrected chi connectivity index (χ2v) is 5.02. The van der Waals surface area contributed by atoms with E-state index >= 15 is 0 Å². The van der Waals surface area contributed by atoms with Crippen LogP contribution in [-0.2, 0) is 16.1 Å². The van der Waals surface area contributed by atoms with E-state index in [4.69, 9.17) is 21.1 Å². The minimum atomic E-state index is -0.0755.